The van der Waals surface area contributed by atoms with Crippen molar-refractivity contribution in [3.63, 3.8) is 0 Å². The molecule has 0 unspecified atom stereocenters. The van der Waals surface area contributed by atoms with Gasteiger partial charge in [0.1, 0.15) is 5.75 Å². The number of carbonyl (C=O) groups is 1. The Morgan fingerprint density at radius 1 is 1.10 bits per heavy atom. The molecule has 1 N–H and O–H groups in total. The summed E-state index contributed by atoms with van der Waals surface area (Å²) in [5, 5.41) is 2.11. The van der Waals surface area contributed by atoms with E-state index in [4.69, 9.17) is 4.74 Å². The topological polar surface area (TPSA) is 50.3 Å². The Labute approximate surface area is 175 Å². The zero-order chi connectivity index (χ0) is 21.0. The lowest BCUT2D eigenvalue weighted by atomic mass is 9.96. The summed E-state index contributed by atoms with van der Waals surface area (Å²) in [5.41, 5.74) is 6.64. The summed E-state index contributed by atoms with van der Waals surface area (Å²) in [6, 6.07) is 14.2. The molecule has 0 amide bonds. The molecule has 0 aliphatic carbocycles. The van der Waals surface area contributed by atoms with E-state index in [9.17, 15) is 4.79 Å². The number of aromatic nitrogens is 2. The van der Waals surface area contributed by atoms with E-state index in [-0.39, 0.29) is 5.78 Å². The number of hydrogen-bond acceptors (Lipinski definition) is 3. The van der Waals surface area contributed by atoms with Crippen LogP contribution < -0.4 is 4.74 Å². The van der Waals surface area contributed by atoms with Crippen molar-refractivity contribution in [2.75, 3.05) is 20.7 Å². The van der Waals surface area contributed by atoms with E-state index in [2.05, 4.69) is 32.7 Å². The number of hydrogen-bond donors (Lipinski definition) is 1. The number of Topliss-reactive ketones (excluding diaryl/α,β-unsaturated/α-hetero) is 1. The number of ketones is 1. The van der Waals surface area contributed by atoms with E-state index in [1.807, 2.05) is 51.5 Å². The SMILES string of the molecule is COc1ccc2c(c1)c(C(=O)C1=CN(C)CCc3c1[nH]c1ccccc31)c(C)n2C. The zero-order valence-electron chi connectivity index (χ0n) is 17.7. The number of aromatic amines is 1. The van der Waals surface area contributed by atoms with E-state index < -0.39 is 0 Å². The predicted octanol–water partition coefficient (Wildman–Crippen LogP) is 4.69. The van der Waals surface area contributed by atoms with Gasteiger partial charge in [-0.25, -0.2) is 0 Å². The van der Waals surface area contributed by atoms with Crippen LogP contribution in [0.4, 0.5) is 0 Å². The molecule has 30 heavy (non-hydrogen) atoms. The van der Waals surface area contributed by atoms with Crippen molar-refractivity contribution in [1.29, 1.82) is 0 Å². The first kappa shape index (κ1) is 18.6. The Kier molecular flexibility index (Phi) is 4.21. The van der Waals surface area contributed by atoms with E-state index in [0.29, 0.717) is 5.57 Å². The van der Waals surface area contributed by atoms with Crippen molar-refractivity contribution in [2.45, 2.75) is 13.3 Å². The third-order valence-corrected chi connectivity index (χ3v) is 6.32. The van der Waals surface area contributed by atoms with Crippen molar-refractivity contribution in [3.8, 4) is 5.75 Å². The number of H-pyrrole nitrogens is 1. The fourth-order valence-corrected chi connectivity index (χ4v) is 4.60. The molecule has 0 saturated carbocycles. The third-order valence-electron chi connectivity index (χ3n) is 6.32. The van der Waals surface area contributed by atoms with Gasteiger partial charge in [-0.15, -0.1) is 0 Å². The number of nitrogens with zero attached hydrogens (tertiary/aromatic N) is 2. The van der Waals surface area contributed by atoms with Crippen LogP contribution >= 0.6 is 0 Å². The first-order chi connectivity index (χ1) is 14.5. The Morgan fingerprint density at radius 2 is 1.90 bits per heavy atom. The highest BCUT2D eigenvalue weighted by Crippen LogP contribution is 2.36. The van der Waals surface area contributed by atoms with Crippen LogP contribution in [0.2, 0.25) is 0 Å². The molecule has 0 fully saturated rings. The summed E-state index contributed by atoms with van der Waals surface area (Å²) in [5.74, 6) is 0.785. The molecule has 4 aromatic rings. The fraction of sp³-hybridized carbons (Fsp3) is 0.240. The summed E-state index contributed by atoms with van der Waals surface area (Å²) in [6.07, 6.45) is 2.88. The van der Waals surface area contributed by atoms with Crippen LogP contribution in [0.15, 0.2) is 48.7 Å². The van der Waals surface area contributed by atoms with Gasteiger partial charge >= 0.3 is 0 Å². The molecule has 0 spiro atoms. The molecule has 5 heteroatoms. The van der Waals surface area contributed by atoms with Gasteiger partial charge in [-0.1, -0.05) is 18.2 Å². The summed E-state index contributed by atoms with van der Waals surface area (Å²) in [4.78, 5) is 19.7. The number of allylic oxidation sites excluding steroid dienone is 1. The maximum Gasteiger partial charge on any atom is 0.199 e. The molecular formula is C25H25N3O2. The third kappa shape index (κ3) is 2.65. The number of rotatable bonds is 3. The molecular weight excluding hydrogens is 374 g/mol. The average molecular weight is 399 g/mol. The quantitative estimate of drug-likeness (QED) is 0.509. The van der Waals surface area contributed by atoms with E-state index in [1.165, 1.54) is 10.9 Å². The van der Waals surface area contributed by atoms with Gasteiger partial charge in [-0.05, 0) is 43.2 Å². The van der Waals surface area contributed by atoms with E-state index in [0.717, 1.165) is 52.1 Å². The lowest BCUT2D eigenvalue weighted by molar-refractivity contribution is 0.105. The van der Waals surface area contributed by atoms with Crippen LogP contribution in [0, 0.1) is 6.92 Å². The van der Waals surface area contributed by atoms with Gasteiger partial charge in [0.25, 0.3) is 0 Å². The van der Waals surface area contributed by atoms with Crippen LogP contribution in [0.25, 0.3) is 27.4 Å². The predicted molar refractivity (Wildman–Crippen MR) is 121 cm³/mol. The summed E-state index contributed by atoms with van der Waals surface area (Å²) < 4.78 is 7.51. The summed E-state index contributed by atoms with van der Waals surface area (Å²) in [7, 11) is 5.68. The maximum atomic E-state index is 14.0. The molecule has 5 rings (SSSR count). The van der Waals surface area contributed by atoms with Crippen molar-refractivity contribution in [2.24, 2.45) is 7.05 Å². The first-order valence-corrected chi connectivity index (χ1v) is 10.2. The van der Waals surface area contributed by atoms with Gasteiger partial charge in [0.05, 0.1) is 23.9 Å². The van der Waals surface area contributed by atoms with Crippen molar-refractivity contribution >= 4 is 33.2 Å². The molecule has 1 aliphatic rings. The van der Waals surface area contributed by atoms with Crippen molar-refractivity contribution < 1.29 is 9.53 Å². The van der Waals surface area contributed by atoms with Gasteiger partial charge in [0.2, 0.25) is 0 Å². The number of fused-ring (bicyclic) bond motifs is 4. The van der Waals surface area contributed by atoms with Gasteiger partial charge in [-0.3, -0.25) is 4.79 Å². The minimum atomic E-state index is 0.0351. The largest absolute Gasteiger partial charge is 0.497 e. The molecule has 0 saturated heterocycles. The second-order valence-corrected chi connectivity index (χ2v) is 8.03. The number of ether oxygens (including phenoxy) is 1. The van der Waals surface area contributed by atoms with Crippen molar-refractivity contribution in [3.05, 3.63) is 71.2 Å². The average Bonchev–Trinajstić information content (AvgIpc) is 3.18. The van der Waals surface area contributed by atoms with Crippen LogP contribution in [0.3, 0.4) is 0 Å². The number of carbonyl (C=O) groups excluding carboxylic acids is 1. The molecule has 0 bridgehead atoms. The molecule has 152 valence electrons. The molecule has 2 aromatic heterocycles. The number of methoxy groups -OCH3 is 1. The minimum absolute atomic E-state index is 0.0351. The molecule has 0 atom stereocenters. The zero-order valence-corrected chi connectivity index (χ0v) is 17.7. The summed E-state index contributed by atoms with van der Waals surface area (Å²) in [6.45, 7) is 2.88. The highest BCUT2D eigenvalue weighted by Gasteiger charge is 2.28. The smallest absolute Gasteiger partial charge is 0.199 e. The molecule has 5 nitrogen and oxygen atoms in total. The standard InChI is InChI=1S/C25H25N3O2/c1-15-23(19-13-16(30-4)9-10-22(19)28(15)3)25(29)20-14-27(2)12-11-18-17-7-5-6-8-21(17)26-24(18)20/h5-10,13-14,26H,11-12H2,1-4H3. The lowest BCUT2D eigenvalue weighted by Crippen LogP contribution is -2.14. The minimum Gasteiger partial charge on any atom is -0.497 e. The number of aryl methyl sites for hydroxylation is 1. The first-order valence-electron chi connectivity index (χ1n) is 10.2. The van der Waals surface area contributed by atoms with E-state index >= 15 is 0 Å². The summed E-state index contributed by atoms with van der Waals surface area (Å²) >= 11 is 0. The number of para-hydroxylation sites is 1. The second kappa shape index (κ2) is 6.80. The highest BCUT2D eigenvalue weighted by molar-refractivity contribution is 6.33. The van der Waals surface area contributed by atoms with E-state index in [1.54, 1.807) is 7.11 Å². The van der Waals surface area contributed by atoms with Crippen molar-refractivity contribution in [1.82, 2.24) is 14.5 Å². The van der Waals surface area contributed by atoms with Crippen LogP contribution in [-0.4, -0.2) is 40.9 Å². The number of nitrogens with one attached hydrogen (secondary N) is 1. The molecule has 1 aliphatic heterocycles. The Bertz CT molecular complexity index is 1340. The van der Waals surface area contributed by atoms with Crippen LogP contribution in [0.1, 0.15) is 27.3 Å². The molecule has 0 radical (unpaired) electrons. The van der Waals surface area contributed by atoms with Gasteiger partial charge in [0, 0.05) is 54.3 Å². The number of benzene rings is 2. The number of likely N-dealkylation sites (N-methyl/N-ethyl adjacent to an activating group) is 1. The lowest BCUT2D eigenvalue weighted by Gasteiger charge is -2.12. The monoisotopic (exact) mass is 399 g/mol. The normalized spacial score (nSPS) is 14.0. The highest BCUT2D eigenvalue weighted by atomic mass is 16.5. The van der Waals surface area contributed by atoms with Gasteiger partial charge in [0.15, 0.2) is 5.78 Å². The maximum absolute atomic E-state index is 14.0. The van der Waals surface area contributed by atoms with Gasteiger partial charge < -0.3 is 19.2 Å². The Morgan fingerprint density at radius 3 is 2.70 bits per heavy atom. The molecule has 2 aromatic carbocycles. The second-order valence-electron chi connectivity index (χ2n) is 8.03. The Balaban J connectivity index is 1.75. The van der Waals surface area contributed by atoms with Crippen LogP contribution in [-0.2, 0) is 13.5 Å². The Hall–Kier alpha value is -3.47. The van der Waals surface area contributed by atoms with Crippen LogP contribution in [0.5, 0.6) is 5.75 Å². The fourth-order valence-electron chi connectivity index (χ4n) is 4.60. The van der Waals surface area contributed by atoms with Gasteiger partial charge in [-0.2, -0.15) is 0 Å². The molecule has 3 heterocycles.